The number of nitrogens with zero attached hydrogens (tertiary/aromatic N) is 5. The number of rotatable bonds is 8. The van der Waals surface area contributed by atoms with Crippen LogP contribution in [0, 0.1) is 6.92 Å². The summed E-state index contributed by atoms with van der Waals surface area (Å²) in [7, 11) is 0. The summed E-state index contributed by atoms with van der Waals surface area (Å²) in [6.45, 7) is 11.4. The van der Waals surface area contributed by atoms with Crippen LogP contribution in [0.4, 0.5) is 20.4 Å². The van der Waals surface area contributed by atoms with E-state index in [0.29, 0.717) is 37.9 Å². The Morgan fingerprint density at radius 3 is 2.49 bits per heavy atom. The highest BCUT2D eigenvalue weighted by atomic mass is 19.3. The summed E-state index contributed by atoms with van der Waals surface area (Å²) in [4.78, 5) is 14.2. The van der Waals surface area contributed by atoms with Gasteiger partial charge in [-0.15, -0.1) is 0 Å². The van der Waals surface area contributed by atoms with Crippen molar-refractivity contribution in [2.75, 3.05) is 43.2 Å². The summed E-state index contributed by atoms with van der Waals surface area (Å²) in [6, 6.07) is 13.7. The van der Waals surface area contributed by atoms with E-state index in [1.54, 1.807) is 18.3 Å². The van der Waals surface area contributed by atoms with Crippen molar-refractivity contribution >= 4 is 17.9 Å². The second kappa shape index (κ2) is 15.5. The highest BCUT2D eigenvalue weighted by molar-refractivity contribution is 5.80. The average molecular weight is 515 g/mol. The Morgan fingerprint density at radius 2 is 1.81 bits per heavy atom. The second-order valence-corrected chi connectivity index (χ2v) is 7.49. The Hall–Kier alpha value is -3.66. The lowest BCUT2D eigenvalue weighted by Crippen LogP contribution is -2.37. The van der Waals surface area contributed by atoms with Crippen LogP contribution in [0.15, 0.2) is 59.8 Å². The quantitative estimate of drug-likeness (QED) is 0.306. The second-order valence-electron chi connectivity index (χ2n) is 7.49. The van der Waals surface area contributed by atoms with Crippen molar-refractivity contribution in [3.05, 3.63) is 71.5 Å². The minimum atomic E-state index is -3.30. The van der Waals surface area contributed by atoms with Gasteiger partial charge < -0.3 is 14.4 Å². The maximum Gasteiger partial charge on any atom is 0.322 e. The Bertz CT molecular complexity index is 1090. The smallest absolute Gasteiger partial charge is 0.322 e. The first kappa shape index (κ1) is 29.6. The molecule has 37 heavy (non-hydrogen) atoms. The molecule has 1 aliphatic rings. The molecule has 3 heterocycles. The fourth-order valence-corrected chi connectivity index (χ4v) is 3.22. The standard InChI is InChI=1S/C23H24F2N6O2.2C2H6/c1-17-5-4-6-18(13-17)15-27-30-20-14-21(31-9-11-32-12-10-31)29-22(28-20)33-16-23(24,25)19-7-2-3-8-26-19;2*1-2/h2-8,13-15H,9-12,16H2,1H3,(H,28,29,30);2*1-2H3/b27-15+;;. The molecular weight excluding hydrogens is 478 g/mol. The largest absolute Gasteiger partial charge is 0.456 e. The first-order valence-corrected chi connectivity index (χ1v) is 12.5. The van der Waals surface area contributed by atoms with Crippen LogP contribution in [0.3, 0.4) is 0 Å². The Balaban J connectivity index is 0.00000115. The number of aromatic nitrogens is 3. The highest BCUT2D eigenvalue weighted by Gasteiger charge is 2.34. The predicted octanol–water partition coefficient (Wildman–Crippen LogP) is 5.69. The lowest BCUT2D eigenvalue weighted by Gasteiger charge is -2.28. The summed E-state index contributed by atoms with van der Waals surface area (Å²) in [5.41, 5.74) is 4.49. The van der Waals surface area contributed by atoms with E-state index in [4.69, 9.17) is 9.47 Å². The number of hydrazone groups is 1. The van der Waals surface area contributed by atoms with Crippen LogP contribution in [-0.4, -0.2) is 54.1 Å². The van der Waals surface area contributed by atoms with Crippen LogP contribution < -0.4 is 15.1 Å². The summed E-state index contributed by atoms with van der Waals surface area (Å²) < 4.78 is 39.7. The van der Waals surface area contributed by atoms with Crippen LogP contribution in [0.1, 0.15) is 44.5 Å². The minimum Gasteiger partial charge on any atom is -0.456 e. The molecule has 3 aromatic rings. The van der Waals surface area contributed by atoms with E-state index in [-0.39, 0.29) is 11.7 Å². The molecule has 2 aromatic heterocycles. The topological polar surface area (TPSA) is 84.8 Å². The van der Waals surface area contributed by atoms with Crippen molar-refractivity contribution in [3.8, 4) is 6.01 Å². The summed E-state index contributed by atoms with van der Waals surface area (Å²) >= 11 is 0. The van der Waals surface area contributed by atoms with Gasteiger partial charge in [0.25, 0.3) is 0 Å². The van der Waals surface area contributed by atoms with Crippen LogP contribution in [-0.2, 0) is 10.7 Å². The molecule has 8 nitrogen and oxygen atoms in total. The van der Waals surface area contributed by atoms with Gasteiger partial charge in [-0.1, -0.05) is 63.6 Å². The summed E-state index contributed by atoms with van der Waals surface area (Å²) in [6.07, 6.45) is 2.96. The molecule has 0 atom stereocenters. The zero-order valence-electron chi connectivity index (χ0n) is 22.1. The molecule has 200 valence electrons. The highest BCUT2D eigenvalue weighted by Crippen LogP contribution is 2.27. The van der Waals surface area contributed by atoms with Gasteiger partial charge in [0.2, 0.25) is 0 Å². The molecule has 0 unspecified atom stereocenters. The van der Waals surface area contributed by atoms with Gasteiger partial charge in [0.1, 0.15) is 11.5 Å². The molecule has 1 N–H and O–H groups in total. The van der Waals surface area contributed by atoms with Crippen LogP contribution in [0.25, 0.3) is 0 Å². The van der Waals surface area contributed by atoms with Crippen LogP contribution in [0.2, 0.25) is 0 Å². The number of nitrogens with one attached hydrogen (secondary N) is 1. The van der Waals surface area contributed by atoms with Gasteiger partial charge in [0.15, 0.2) is 12.4 Å². The number of benzene rings is 1. The first-order valence-electron chi connectivity index (χ1n) is 12.5. The molecule has 1 aliphatic heterocycles. The molecule has 10 heteroatoms. The fourth-order valence-electron chi connectivity index (χ4n) is 3.22. The molecule has 0 aliphatic carbocycles. The average Bonchev–Trinajstić information content (AvgIpc) is 2.95. The van der Waals surface area contributed by atoms with Crippen molar-refractivity contribution in [3.63, 3.8) is 0 Å². The number of ether oxygens (including phenoxy) is 2. The molecule has 1 aromatic carbocycles. The van der Waals surface area contributed by atoms with Crippen molar-refractivity contribution in [1.29, 1.82) is 0 Å². The summed E-state index contributed by atoms with van der Waals surface area (Å²) in [5, 5.41) is 4.21. The van der Waals surface area contributed by atoms with Gasteiger partial charge in [-0.2, -0.15) is 23.9 Å². The monoisotopic (exact) mass is 514 g/mol. The van der Waals surface area contributed by atoms with E-state index in [2.05, 4.69) is 25.5 Å². The molecular formula is C27H36F2N6O2. The predicted molar refractivity (Wildman–Crippen MR) is 144 cm³/mol. The van der Waals surface area contributed by atoms with Crippen molar-refractivity contribution in [1.82, 2.24) is 15.0 Å². The maximum atomic E-state index is 14.5. The van der Waals surface area contributed by atoms with Gasteiger partial charge in [-0.3, -0.25) is 10.4 Å². The Kier molecular flexibility index (Phi) is 12.3. The normalized spacial score (nSPS) is 13.2. The molecule has 0 spiro atoms. The van der Waals surface area contributed by atoms with Gasteiger partial charge in [0, 0.05) is 25.4 Å². The van der Waals surface area contributed by atoms with Gasteiger partial charge in [-0.25, -0.2) is 0 Å². The number of anilines is 2. The van der Waals surface area contributed by atoms with Gasteiger partial charge in [0.05, 0.1) is 19.4 Å². The van der Waals surface area contributed by atoms with E-state index in [1.807, 2.05) is 63.8 Å². The number of hydrogen-bond acceptors (Lipinski definition) is 8. The molecule has 1 saturated heterocycles. The van der Waals surface area contributed by atoms with Gasteiger partial charge >= 0.3 is 11.9 Å². The molecule has 4 rings (SSSR count). The Labute approximate surface area is 217 Å². The lowest BCUT2D eigenvalue weighted by molar-refractivity contribution is -0.0527. The fraction of sp³-hybridized carbons (Fsp3) is 0.407. The number of pyridine rings is 1. The Morgan fingerprint density at radius 1 is 1.05 bits per heavy atom. The summed E-state index contributed by atoms with van der Waals surface area (Å²) in [5.74, 6) is -2.43. The molecule has 0 radical (unpaired) electrons. The molecule has 0 saturated carbocycles. The van der Waals surface area contributed by atoms with E-state index in [1.165, 1.54) is 18.3 Å². The zero-order chi connectivity index (χ0) is 27.1. The third-order valence-corrected chi connectivity index (χ3v) is 4.88. The van der Waals surface area contributed by atoms with Gasteiger partial charge in [-0.05, 0) is 24.6 Å². The number of alkyl halides is 2. The number of halogens is 2. The van der Waals surface area contributed by atoms with E-state index >= 15 is 0 Å². The first-order chi connectivity index (χ1) is 18.0. The molecule has 0 bridgehead atoms. The van der Waals surface area contributed by atoms with Crippen molar-refractivity contribution in [2.45, 2.75) is 40.5 Å². The van der Waals surface area contributed by atoms with E-state index in [9.17, 15) is 8.78 Å². The third kappa shape index (κ3) is 9.38. The molecule has 1 fully saturated rings. The zero-order valence-corrected chi connectivity index (χ0v) is 22.1. The van der Waals surface area contributed by atoms with Crippen LogP contribution in [0.5, 0.6) is 6.01 Å². The van der Waals surface area contributed by atoms with E-state index < -0.39 is 12.5 Å². The number of hydrogen-bond donors (Lipinski definition) is 1. The number of aryl methyl sites for hydroxylation is 1. The van der Waals surface area contributed by atoms with Crippen molar-refractivity contribution < 1.29 is 18.3 Å². The third-order valence-electron chi connectivity index (χ3n) is 4.88. The maximum absolute atomic E-state index is 14.5. The lowest BCUT2D eigenvalue weighted by atomic mass is 10.2. The minimum absolute atomic E-state index is 0.178. The number of morpholine rings is 1. The van der Waals surface area contributed by atoms with E-state index in [0.717, 1.165) is 11.1 Å². The SMILES string of the molecule is CC.CC.Cc1cccc(/C=N/Nc2cc(N3CCOCC3)nc(OCC(F)(F)c3ccccn3)n2)c1. The van der Waals surface area contributed by atoms with Crippen LogP contribution >= 0.6 is 0 Å². The van der Waals surface area contributed by atoms with Crippen molar-refractivity contribution in [2.24, 2.45) is 5.10 Å². The molecule has 0 amide bonds.